The van der Waals surface area contributed by atoms with Gasteiger partial charge < -0.3 is 14.4 Å². The van der Waals surface area contributed by atoms with E-state index in [0.29, 0.717) is 22.2 Å². The van der Waals surface area contributed by atoms with Crippen molar-refractivity contribution in [1.29, 1.82) is 5.26 Å². The van der Waals surface area contributed by atoms with E-state index in [-0.39, 0.29) is 5.97 Å². The third-order valence-electron chi connectivity index (χ3n) is 6.05. The van der Waals surface area contributed by atoms with Crippen LogP contribution in [0, 0.1) is 11.3 Å². The second kappa shape index (κ2) is 10.3. The van der Waals surface area contributed by atoms with Gasteiger partial charge in [-0.25, -0.2) is 4.79 Å². The van der Waals surface area contributed by atoms with Gasteiger partial charge in [-0.2, -0.15) is 5.26 Å². The Labute approximate surface area is 198 Å². The lowest BCUT2D eigenvalue weighted by molar-refractivity contribution is 0.0600. The van der Waals surface area contributed by atoms with E-state index in [0.717, 1.165) is 60.5 Å². The van der Waals surface area contributed by atoms with Crippen LogP contribution in [-0.2, 0) is 4.74 Å². The second-order valence-corrected chi connectivity index (χ2v) is 9.34. The lowest BCUT2D eigenvalue weighted by Crippen LogP contribution is -2.39. The molecule has 1 fully saturated rings. The third-order valence-corrected chi connectivity index (χ3v) is 7.26. The third kappa shape index (κ3) is 4.90. The number of carbonyl (C=O) groups is 1. The molecule has 0 bridgehead atoms. The van der Waals surface area contributed by atoms with Crippen molar-refractivity contribution < 1.29 is 9.53 Å². The van der Waals surface area contributed by atoms with Gasteiger partial charge in [0.15, 0.2) is 0 Å². The van der Waals surface area contributed by atoms with Gasteiger partial charge in [-0.3, -0.25) is 0 Å². The number of ether oxygens (including phenoxy) is 1. The maximum absolute atomic E-state index is 12.1. The number of halogens is 1. The highest BCUT2D eigenvalue weighted by Crippen LogP contribution is 2.39. The Morgan fingerprint density at radius 2 is 2.09 bits per heavy atom. The summed E-state index contributed by atoms with van der Waals surface area (Å²) in [6.07, 6.45) is 11.1. The van der Waals surface area contributed by atoms with E-state index >= 15 is 0 Å². The van der Waals surface area contributed by atoms with Gasteiger partial charge in [-0.05, 0) is 80.3 Å². The van der Waals surface area contributed by atoms with Gasteiger partial charge in [0.05, 0.1) is 34.6 Å². The lowest BCUT2D eigenvalue weighted by atomic mass is 9.95. The van der Waals surface area contributed by atoms with E-state index in [1.165, 1.54) is 25.5 Å². The van der Waals surface area contributed by atoms with Crippen LogP contribution in [0.5, 0.6) is 0 Å². The van der Waals surface area contributed by atoms with E-state index in [9.17, 15) is 10.1 Å². The molecule has 2 aliphatic heterocycles. The number of piperidine rings is 1. The van der Waals surface area contributed by atoms with Crippen LogP contribution in [0.2, 0.25) is 5.02 Å². The molecule has 2 aromatic carbocycles. The predicted octanol–water partition coefficient (Wildman–Crippen LogP) is 6.67. The number of fused-ring (bicyclic) bond motifs is 4. The summed E-state index contributed by atoms with van der Waals surface area (Å²) in [4.78, 5) is 15.4. The van der Waals surface area contributed by atoms with Crippen molar-refractivity contribution in [3.05, 3.63) is 58.1 Å². The average Bonchev–Trinajstić information content (AvgIpc) is 2.83. The van der Waals surface area contributed by atoms with Crippen LogP contribution in [0.3, 0.4) is 0 Å². The minimum atomic E-state index is -0.365. The zero-order valence-electron chi connectivity index (χ0n) is 18.1. The van der Waals surface area contributed by atoms with Crippen LogP contribution in [-0.4, -0.2) is 25.7 Å². The first-order valence-corrected chi connectivity index (χ1v) is 12.1. The Hall–Kier alpha value is -2.62. The number of carbonyl (C=O) groups excluding carboxylic acids is 1. The number of nitrogens with one attached hydrogen (secondary N) is 1. The Kier molecular flexibility index (Phi) is 7.29. The number of benzene rings is 2. The summed E-state index contributed by atoms with van der Waals surface area (Å²) in [5.41, 5.74) is 3.87. The summed E-state index contributed by atoms with van der Waals surface area (Å²) in [7, 11) is 1.38. The van der Waals surface area contributed by atoms with Crippen LogP contribution in [0.1, 0.15) is 60.0 Å². The summed E-state index contributed by atoms with van der Waals surface area (Å²) in [6.45, 7) is 0.977. The number of hydrogen-bond acceptors (Lipinski definition) is 6. The number of anilines is 2. The van der Waals surface area contributed by atoms with Gasteiger partial charge in [0, 0.05) is 17.5 Å². The summed E-state index contributed by atoms with van der Waals surface area (Å²) in [6, 6.07) is 12.0. The van der Waals surface area contributed by atoms with Crippen molar-refractivity contribution in [1.82, 2.24) is 0 Å². The van der Waals surface area contributed by atoms with Crippen LogP contribution < -0.4 is 9.62 Å². The molecule has 0 unspecified atom stereocenters. The first-order chi connectivity index (χ1) is 15.6. The molecule has 1 saturated heterocycles. The van der Waals surface area contributed by atoms with Crippen LogP contribution in [0.4, 0.5) is 11.4 Å². The molecule has 166 valence electrons. The van der Waals surface area contributed by atoms with Crippen molar-refractivity contribution in [2.24, 2.45) is 0 Å². The Morgan fingerprint density at radius 3 is 2.91 bits per heavy atom. The molecule has 2 heterocycles. The highest BCUT2D eigenvalue weighted by Gasteiger charge is 2.25. The molecular weight excluding hydrogens is 442 g/mol. The van der Waals surface area contributed by atoms with Gasteiger partial charge in [0.25, 0.3) is 0 Å². The molecule has 2 aromatic rings. The molecule has 0 amide bonds. The molecule has 32 heavy (non-hydrogen) atoms. The summed E-state index contributed by atoms with van der Waals surface area (Å²) < 4.78 is 8.35. The zero-order valence-corrected chi connectivity index (χ0v) is 19.6. The quantitative estimate of drug-likeness (QED) is 0.373. The lowest BCUT2D eigenvalue weighted by Gasteiger charge is -2.39. The maximum Gasteiger partial charge on any atom is 0.337 e. The number of allylic oxidation sites excluding steroid dienone is 1. The molecule has 0 aliphatic carbocycles. The first-order valence-electron chi connectivity index (χ1n) is 10.9. The maximum atomic E-state index is 12.1. The van der Waals surface area contributed by atoms with Crippen LogP contribution in [0.25, 0.3) is 6.08 Å². The first kappa shape index (κ1) is 22.6. The van der Waals surface area contributed by atoms with Crippen molar-refractivity contribution >= 4 is 47.0 Å². The minimum Gasteiger partial charge on any atom is -0.465 e. The number of nitrogens with zero attached hydrogens (tertiary/aromatic N) is 2. The highest BCUT2D eigenvalue weighted by atomic mass is 35.5. The SMILES string of the molecule is COC(=O)c1ccc2c(c1)SNc1cc(C#N)c(Cl)cc1N1CCCC[C@H]1CCC/C=C/2. The molecule has 5 nitrogen and oxygen atoms in total. The molecule has 0 saturated carbocycles. The van der Waals surface area contributed by atoms with E-state index in [2.05, 4.69) is 27.8 Å². The van der Waals surface area contributed by atoms with Gasteiger partial charge in [-0.15, -0.1) is 0 Å². The summed E-state index contributed by atoms with van der Waals surface area (Å²) in [5.74, 6) is -0.365. The zero-order chi connectivity index (χ0) is 22.5. The molecule has 7 heteroatoms. The minimum absolute atomic E-state index is 0.365. The van der Waals surface area contributed by atoms with Gasteiger partial charge in [0.2, 0.25) is 0 Å². The molecular formula is C25H26ClN3O2S. The second-order valence-electron chi connectivity index (χ2n) is 8.09. The number of rotatable bonds is 1. The number of methoxy groups -OCH3 is 1. The van der Waals surface area contributed by atoms with Crippen molar-refractivity contribution in [3.63, 3.8) is 0 Å². The molecule has 0 aromatic heterocycles. The highest BCUT2D eigenvalue weighted by molar-refractivity contribution is 8.00. The Bertz CT molecular complexity index is 1080. The Morgan fingerprint density at radius 1 is 1.25 bits per heavy atom. The van der Waals surface area contributed by atoms with Gasteiger partial charge >= 0.3 is 5.97 Å². The predicted molar refractivity (Wildman–Crippen MR) is 131 cm³/mol. The number of nitriles is 1. The van der Waals surface area contributed by atoms with E-state index < -0.39 is 0 Å². The van der Waals surface area contributed by atoms with Gasteiger partial charge in [-0.1, -0.05) is 29.8 Å². The monoisotopic (exact) mass is 467 g/mol. The van der Waals surface area contributed by atoms with E-state index in [1.54, 1.807) is 6.07 Å². The Balaban J connectivity index is 1.77. The summed E-state index contributed by atoms with van der Waals surface area (Å²) >= 11 is 7.88. The van der Waals surface area contributed by atoms with E-state index in [4.69, 9.17) is 16.3 Å². The molecule has 1 N–H and O–H groups in total. The van der Waals surface area contributed by atoms with Gasteiger partial charge in [0.1, 0.15) is 6.07 Å². The fraction of sp³-hybridized carbons (Fsp3) is 0.360. The van der Waals surface area contributed by atoms with Crippen LogP contribution >= 0.6 is 23.5 Å². The fourth-order valence-corrected chi connectivity index (χ4v) is 5.41. The number of hydrogen-bond donors (Lipinski definition) is 1. The van der Waals surface area contributed by atoms with E-state index in [1.807, 2.05) is 24.3 Å². The smallest absolute Gasteiger partial charge is 0.337 e. The summed E-state index contributed by atoms with van der Waals surface area (Å²) in [5, 5.41) is 10.0. The fourth-order valence-electron chi connectivity index (χ4n) is 4.38. The standard InChI is InChI=1S/C25H26ClN3O2S/c1-31-25(30)18-11-10-17-7-3-2-4-8-20-9-5-6-12-29(20)23-15-21(26)19(16-27)13-22(23)28-32-24(17)14-18/h3,7,10-11,13-15,20,28H,2,4-6,8-9,12H2,1H3/b7-3+/t20-/m1/s1. The molecule has 0 radical (unpaired) electrons. The van der Waals surface area contributed by atoms with Crippen LogP contribution in [0.15, 0.2) is 41.3 Å². The normalized spacial score (nSPS) is 19.4. The van der Waals surface area contributed by atoms with Crippen molar-refractivity contribution in [3.8, 4) is 6.07 Å². The topological polar surface area (TPSA) is 65.4 Å². The number of esters is 1. The average molecular weight is 468 g/mol. The molecule has 4 rings (SSSR count). The largest absolute Gasteiger partial charge is 0.465 e. The molecule has 1 atom stereocenters. The molecule has 2 aliphatic rings. The van der Waals surface area contributed by atoms with Crippen molar-refractivity contribution in [2.75, 3.05) is 23.3 Å². The van der Waals surface area contributed by atoms with Crippen molar-refractivity contribution in [2.45, 2.75) is 49.5 Å². The molecule has 0 spiro atoms.